The maximum absolute atomic E-state index is 14.4. The molecule has 2 fully saturated rings. The fourth-order valence-corrected chi connectivity index (χ4v) is 6.58. The van der Waals surface area contributed by atoms with Gasteiger partial charge in [0.1, 0.15) is 0 Å². The number of likely N-dealkylation sites (tertiary alicyclic amines) is 1. The molecule has 0 bridgehead atoms. The van der Waals surface area contributed by atoms with Gasteiger partial charge in [-0.2, -0.15) is 0 Å². The lowest BCUT2D eigenvalue weighted by molar-refractivity contribution is -0.163. The van der Waals surface area contributed by atoms with E-state index in [0.717, 1.165) is 24.0 Å². The van der Waals surface area contributed by atoms with Crippen LogP contribution >= 0.6 is 23.2 Å². The zero-order valence-electron chi connectivity index (χ0n) is 20.1. The normalized spacial score (nSPS) is 26.0. The highest BCUT2D eigenvalue weighted by Crippen LogP contribution is 2.55. The van der Waals surface area contributed by atoms with E-state index in [1.54, 1.807) is 18.2 Å². The fraction of sp³-hybridized carbons (Fsp3) is 0.481. The van der Waals surface area contributed by atoms with Crippen molar-refractivity contribution in [2.24, 2.45) is 11.3 Å². The number of aliphatic carboxylic acids is 1. The van der Waals surface area contributed by atoms with Gasteiger partial charge in [-0.3, -0.25) is 13.8 Å². The lowest BCUT2D eigenvalue weighted by Gasteiger charge is -2.53. The fourth-order valence-electron chi connectivity index (χ4n) is 5.82. The number of hydrogen-bond acceptors (Lipinski definition) is 4. The van der Waals surface area contributed by atoms with E-state index >= 15 is 0 Å². The summed E-state index contributed by atoms with van der Waals surface area (Å²) >= 11 is 10.3. The van der Waals surface area contributed by atoms with Crippen molar-refractivity contribution < 1.29 is 23.5 Å². The molecule has 36 heavy (non-hydrogen) atoms. The van der Waals surface area contributed by atoms with E-state index in [-0.39, 0.29) is 36.0 Å². The van der Waals surface area contributed by atoms with Crippen LogP contribution in [-0.4, -0.2) is 42.4 Å². The summed E-state index contributed by atoms with van der Waals surface area (Å²) in [5, 5.41) is 11.0. The average Bonchev–Trinajstić information content (AvgIpc) is 3.67. The third kappa shape index (κ3) is 5.80. The van der Waals surface area contributed by atoms with E-state index in [1.165, 1.54) is 0 Å². The Morgan fingerprint density at radius 2 is 1.86 bits per heavy atom. The molecule has 1 saturated heterocycles. The number of rotatable bonds is 10. The second kappa shape index (κ2) is 11.2. The van der Waals surface area contributed by atoms with Gasteiger partial charge in [-0.1, -0.05) is 65.5 Å². The van der Waals surface area contributed by atoms with Gasteiger partial charge in [0, 0.05) is 27.8 Å². The molecule has 2 aromatic carbocycles. The van der Waals surface area contributed by atoms with Crippen LogP contribution in [0.4, 0.5) is 0 Å². The Balaban J connectivity index is 1.91. The summed E-state index contributed by atoms with van der Waals surface area (Å²) in [6.45, 7) is 1.86. The number of carbonyl (C=O) groups excluding carboxylic acids is 1. The monoisotopic (exact) mass is 550 g/mol. The highest BCUT2D eigenvalue weighted by Gasteiger charge is 2.55. The number of halogens is 2. The summed E-state index contributed by atoms with van der Waals surface area (Å²) in [5.41, 5.74) is 0.697. The summed E-state index contributed by atoms with van der Waals surface area (Å²) in [6, 6.07) is 14.1. The molecule has 1 aliphatic carbocycles. The summed E-state index contributed by atoms with van der Waals surface area (Å²) in [5.74, 6) is -1.34. The maximum atomic E-state index is 14.4. The summed E-state index contributed by atoms with van der Waals surface area (Å²) in [6.07, 6.45) is 2.56. The lowest BCUT2D eigenvalue weighted by atomic mass is 9.64. The Morgan fingerprint density at radius 3 is 2.42 bits per heavy atom. The minimum absolute atomic E-state index is 0.0574. The molecule has 9 heteroatoms. The molecule has 0 spiro atoms. The Bertz CT molecular complexity index is 1140. The van der Waals surface area contributed by atoms with Gasteiger partial charge in [0.2, 0.25) is 5.91 Å². The molecule has 1 saturated carbocycles. The third-order valence-corrected chi connectivity index (χ3v) is 8.79. The van der Waals surface area contributed by atoms with Gasteiger partial charge in [-0.25, -0.2) is 0 Å². The number of amides is 1. The molecule has 1 heterocycles. The predicted molar refractivity (Wildman–Crippen MR) is 140 cm³/mol. The Kier molecular flexibility index (Phi) is 8.45. The third-order valence-electron chi connectivity index (χ3n) is 7.74. The zero-order valence-corrected chi connectivity index (χ0v) is 22.4. The minimum atomic E-state index is -2.24. The smallest absolute Gasteiger partial charge is 0.304 e. The molecular formula is C27H30Cl2NO5S-. The highest BCUT2D eigenvalue weighted by atomic mass is 35.5. The van der Waals surface area contributed by atoms with Crippen molar-refractivity contribution in [3.63, 3.8) is 0 Å². The standard InChI is InChI=1S/C27H31Cl2NO5S/c1-2-27(16-24(31)32)15-22(19-4-3-5-21(29)14-19)25(18-8-10-20(28)11-9-18)30(26(27)33)23(17-6-7-17)12-13-36(34)35/h3-5,8-11,14,17,22-23,25H,2,6-7,12-13,15-16H2,1H3,(H,31,32)(H,34,35)/p-1. The van der Waals surface area contributed by atoms with Crippen molar-refractivity contribution in [1.82, 2.24) is 4.90 Å². The Morgan fingerprint density at radius 1 is 1.17 bits per heavy atom. The van der Waals surface area contributed by atoms with Crippen LogP contribution < -0.4 is 0 Å². The second-order valence-corrected chi connectivity index (χ2v) is 11.9. The van der Waals surface area contributed by atoms with Crippen LogP contribution in [0, 0.1) is 11.3 Å². The quantitative estimate of drug-likeness (QED) is 0.367. The minimum Gasteiger partial charge on any atom is -0.772 e. The van der Waals surface area contributed by atoms with Crippen LogP contribution in [0.5, 0.6) is 0 Å². The molecule has 1 amide bonds. The van der Waals surface area contributed by atoms with Gasteiger partial charge < -0.3 is 14.6 Å². The first-order chi connectivity index (χ1) is 17.1. The largest absolute Gasteiger partial charge is 0.772 e. The summed E-state index contributed by atoms with van der Waals surface area (Å²) in [4.78, 5) is 28.2. The summed E-state index contributed by atoms with van der Waals surface area (Å²) < 4.78 is 23.1. The van der Waals surface area contributed by atoms with Crippen molar-refractivity contribution >= 4 is 46.2 Å². The lowest BCUT2D eigenvalue weighted by Crippen LogP contribution is -2.57. The molecule has 2 aromatic rings. The molecule has 1 N–H and O–H groups in total. The molecule has 5 atom stereocenters. The van der Waals surface area contributed by atoms with E-state index < -0.39 is 28.5 Å². The summed E-state index contributed by atoms with van der Waals surface area (Å²) in [7, 11) is 0. The predicted octanol–water partition coefficient (Wildman–Crippen LogP) is 5.97. The number of nitrogens with zero attached hydrogens (tertiary/aromatic N) is 1. The van der Waals surface area contributed by atoms with Crippen LogP contribution in [0.3, 0.4) is 0 Å². The molecule has 0 aromatic heterocycles. The van der Waals surface area contributed by atoms with E-state index in [4.69, 9.17) is 23.2 Å². The molecule has 0 radical (unpaired) electrons. The number of hydrogen-bond donors (Lipinski definition) is 1. The highest BCUT2D eigenvalue weighted by molar-refractivity contribution is 7.79. The van der Waals surface area contributed by atoms with Crippen molar-refractivity contribution in [2.75, 3.05) is 5.75 Å². The van der Waals surface area contributed by atoms with Crippen LogP contribution in [-0.2, 0) is 20.7 Å². The molecule has 1 aliphatic heterocycles. The van der Waals surface area contributed by atoms with Gasteiger partial charge in [-0.05, 0) is 73.4 Å². The van der Waals surface area contributed by atoms with Crippen LogP contribution in [0.1, 0.15) is 68.5 Å². The molecule has 2 aliphatic rings. The Labute approximate surface area is 224 Å². The zero-order chi connectivity index (χ0) is 26.0. The number of piperidine rings is 1. The number of carbonyl (C=O) groups is 2. The number of carboxylic acid groups (broad SMARTS) is 1. The number of carboxylic acids is 1. The van der Waals surface area contributed by atoms with Crippen LogP contribution in [0.2, 0.25) is 10.0 Å². The maximum Gasteiger partial charge on any atom is 0.304 e. The van der Waals surface area contributed by atoms with Crippen molar-refractivity contribution in [3.8, 4) is 0 Å². The first-order valence-electron chi connectivity index (χ1n) is 12.3. The van der Waals surface area contributed by atoms with Crippen LogP contribution in [0.25, 0.3) is 0 Å². The first-order valence-corrected chi connectivity index (χ1v) is 14.3. The van der Waals surface area contributed by atoms with Crippen molar-refractivity contribution in [3.05, 3.63) is 69.7 Å². The van der Waals surface area contributed by atoms with Gasteiger partial charge in [0.15, 0.2) is 0 Å². The molecule has 4 rings (SSSR count). The van der Waals surface area contributed by atoms with E-state index in [1.807, 2.05) is 42.2 Å². The SMILES string of the molecule is CCC1(CC(=O)O)CC(c2cccc(Cl)c2)C(c2ccc(Cl)cc2)N(C(CCS(=O)[O-])C2CC2)C1=O. The van der Waals surface area contributed by atoms with E-state index in [9.17, 15) is 23.5 Å². The van der Waals surface area contributed by atoms with Gasteiger partial charge >= 0.3 is 5.97 Å². The average molecular weight is 552 g/mol. The first kappa shape index (κ1) is 27.1. The van der Waals surface area contributed by atoms with Crippen molar-refractivity contribution in [1.29, 1.82) is 0 Å². The van der Waals surface area contributed by atoms with E-state index in [0.29, 0.717) is 29.3 Å². The van der Waals surface area contributed by atoms with Gasteiger partial charge in [-0.15, -0.1) is 0 Å². The molecule has 194 valence electrons. The van der Waals surface area contributed by atoms with E-state index in [2.05, 4.69) is 0 Å². The van der Waals surface area contributed by atoms with Gasteiger partial charge in [0.05, 0.1) is 17.9 Å². The topological polar surface area (TPSA) is 97.7 Å². The molecule has 6 nitrogen and oxygen atoms in total. The van der Waals surface area contributed by atoms with Gasteiger partial charge in [0.25, 0.3) is 0 Å². The second-order valence-electron chi connectivity index (χ2n) is 9.98. The number of benzene rings is 2. The van der Waals surface area contributed by atoms with Crippen LogP contribution in [0.15, 0.2) is 48.5 Å². The molecule has 5 unspecified atom stereocenters. The molecular weight excluding hydrogens is 521 g/mol. The Hall–Kier alpha value is -1.93. The van der Waals surface area contributed by atoms with Crippen molar-refractivity contribution in [2.45, 2.75) is 63.5 Å².